The zero-order chi connectivity index (χ0) is 24.2. The first kappa shape index (κ1) is 25.0. The van der Waals surface area contributed by atoms with Crippen LogP contribution in [-0.4, -0.2) is 54.7 Å². The molecule has 1 aliphatic heterocycles. The molecule has 8 nitrogen and oxygen atoms in total. The largest absolute Gasteiger partial charge is 0.476 e. The van der Waals surface area contributed by atoms with Gasteiger partial charge in [0.2, 0.25) is 15.9 Å². The number of anilines is 2. The van der Waals surface area contributed by atoms with E-state index in [1.165, 1.54) is 22.1 Å². The van der Waals surface area contributed by atoms with Gasteiger partial charge >= 0.3 is 5.97 Å². The van der Waals surface area contributed by atoms with Crippen LogP contribution in [0, 0.1) is 0 Å². The second-order valence-electron chi connectivity index (χ2n) is 7.49. The number of carbonyl (C=O) groups is 1. The Morgan fingerprint density at radius 2 is 2.06 bits per heavy atom. The Balaban J connectivity index is 2.21. The van der Waals surface area contributed by atoms with Crippen LogP contribution in [0.4, 0.5) is 15.8 Å². The van der Waals surface area contributed by atoms with Gasteiger partial charge in [0.15, 0.2) is 0 Å². The zero-order valence-electron chi connectivity index (χ0n) is 18.6. The van der Waals surface area contributed by atoms with Gasteiger partial charge in [-0.2, -0.15) is 8.70 Å². The van der Waals surface area contributed by atoms with Crippen molar-refractivity contribution in [1.82, 2.24) is 9.29 Å². The number of aliphatic carboxylic acids is 1. The van der Waals surface area contributed by atoms with E-state index in [9.17, 15) is 17.6 Å². The molecule has 1 unspecified atom stereocenters. The van der Waals surface area contributed by atoms with Gasteiger partial charge in [-0.25, -0.2) is 13.2 Å². The smallest absolute Gasteiger partial charge is 0.368 e. The van der Waals surface area contributed by atoms with Gasteiger partial charge in [0, 0.05) is 43.8 Å². The molecule has 11 heteroatoms. The number of thioether (sulfide) groups is 1. The molecule has 33 heavy (non-hydrogen) atoms. The van der Waals surface area contributed by atoms with Gasteiger partial charge in [0.1, 0.15) is 16.9 Å². The highest BCUT2D eigenvalue weighted by Gasteiger charge is 2.37. The van der Waals surface area contributed by atoms with E-state index in [1.807, 2.05) is 17.0 Å². The number of hydrogen-bond acceptors (Lipinski definition) is 7. The Hall–Kier alpha value is -2.63. The molecular weight excluding hydrogens is 469 g/mol. The Bertz CT molecular complexity index is 1140. The summed E-state index contributed by atoms with van der Waals surface area (Å²) in [6.07, 6.45) is 8.01. The SMILES string of the molecule is CCCCC1CN(c2ccncc2)c2cc(SC)c(O/C=C(\F)C(=O)O)cc2S(=O)(=O)N1C. The van der Waals surface area contributed by atoms with E-state index in [0.717, 1.165) is 18.5 Å². The van der Waals surface area contributed by atoms with Crippen molar-refractivity contribution in [1.29, 1.82) is 0 Å². The van der Waals surface area contributed by atoms with Crippen LogP contribution in [0.5, 0.6) is 5.75 Å². The summed E-state index contributed by atoms with van der Waals surface area (Å²) in [7, 11) is -2.37. The summed E-state index contributed by atoms with van der Waals surface area (Å²) >= 11 is 1.28. The predicted octanol–water partition coefficient (Wildman–Crippen LogP) is 4.41. The van der Waals surface area contributed by atoms with Crippen LogP contribution in [0.2, 0.25) is 0 Å². The number of ether oxygens (including phenoxy) is 1. The van der Waals surface area contributed by atoms with Crippen molar-refractivity contribution in [2.45, 2.75) is 42.0 Å². The molecule has 1 aromatic carbocycles. The summed E-state index contributed by atoms with van der Waals surface area (Å²) in [5.74, 6) is -3.21. The van der Waals surface area contributed by atoms with Crippen molar-refractivity contribution >= 4 is 39.1 Å². The average Bonchev–Trinajstić information content (AvgIpc) is 2.89. The molecule has 0 amide bonds. The lowest BCUT2D eigenvalue weighted by atomic mass is 10.1. The van der Waals surface area contributed by atoms with E-state index in [2.05, 4.69) is 11.9 Å². The van der Waals surface area contributed by atoms with E-state index >= 15 is 0 Å². The number of hydrogen-bond donors (Lipinski definition) is 1. The van der Waals surface area contributed by atoms with Crippen molar-refractivity contribution in [3.63, 3.8) is 0 Å². The molecule has 1 N–H and O–H groups in total. The predicted molar refractivity (Wildman–Crippen MR) is 125 cm³/mol. The number of rotatable bonds is 8. The van der Waals surface area contributed by atoms with Gasteiger partial charge in [-0.05, 0) is 30.9 Å². The maximum absolute atomic E-state index is 13.6. The Morgan fingerprint density at radius 1 is 1.36 bits per heavy atom. The van der Waals surface area contributed by atoms with Crippen LogP contribution in [0.3, 0.4) is 0 Å². The third-order valence-electron chi connectivity index (χ3n) is 5.46. The summed E-state index contributed by atoms with van der Waals surface area (Å²) in [4.78, 5) is 17.3. The summed E-state index contributed by atoms with van der Waals surface area (Å²) in [5, 5.41) is 8.75. The standard InChI is InChI=1S/C22H26FN3O5S2/c1-4-5-6-16-13-26(15-7-9-24-10-8-15)18-11-20(32-3)19(31-14-17(23)22(27)28)12-21(18)33(29,30)25(16)2/h7-12,14,16H,4-6,13H2,1-3H3,(H,27,28)/b17-14-. The van der Waals surface area contributed by atoms with E-state index in [0.29, 0.717) is 29.8 Å². The molecule has 0 aliphatic carbocycles. The topological polar surface area (TPSA) is 100 Å². The lowest BCUT2D eigenvalue weighted by Crippen LogP contribution is -2.40. The first-order valence-corrected chi connectivity index (χ1v) is 13.0. The monoisotopic (exact) mass is 495 g/mol. The molecule has 0 spiro atoms. The van der Waals surface area contributed by atoms with Crippen LogP contribution < -0.4 is 9.64 Å². The number of sulfonamides is 1. The molecule has 1 atom stereocenters. The van der Waals surface area contributed by atoms with E-state index < -0.39 is 21.8 Å². The molecular formula is C22H26FN3O5S2. The second-order valence-corrected chi connectivity index (χ2v) is 10.3. The fraction of sp³-hybridized carbons (Fsp3) is 0.364. The van der Waals surface area contributed by atoms with Crippen molar-refractivity contribution in [2.75, 3.05) is 24.7 Å². The molecule has 178 valence electrons. The maximum Gasteiger partial charge on any atom is 0.368 e. The molecule has 1 aromatic heterocycles. The normalized spacial score (nSPS) is 18.5. The summed E-state index contributed by atoms with van der Waals surface area (Å²) in [5.41, 5.74) is 1.25. The third kappa shape index (κ3) is 5.31. The van der Waals surface area contributed by atoms with Gasteiger partial charge in [0.05, 0.1) is 10.6 Å². The maximum atomic E-state index is 13.6. The number of carboxylic acids is 1. The van der Waals surface area contributed by atoms with Gasteiger partial charge in [-0.3, -0.25) is 4.98 Å². The number of pyridine rings is 1. The van der Waals surface area contributed by atoms with Crippen molar-refractivity contribution in [3.05, 3.63) is 48.7 Å². The highest BCUT2D eigenvalue weighted by atomic mass is 32.2. The summed E-state index contributed by atoms with van der Waals surface area (Å²) < 4.78 is 47.4. The van der Waals surface area contributed by atoms with Crippen LogP contribution in [-0.2, 0) is 14.8 Å². The van der Waals surface area contributed by atoms with Gasteiger partial charge in [0.25, 0.3) is 0 Å². The molecule has 3 rings (SSSR count). The highest BCUT2D eigenvalue weighted by Crippen LogP contribution is 2.43. The summed E-state index contributed by atoms with van der Waals surface area (Å²) in [6, 6.07) is 6.35. The molecule has 2 aromatic rings. The first-order valence-electron chi connectivity index (χ1n) is 10.3. The molecule has 0 fully saturated rings. The number of unbranched alkanes of at least 4 members (excludes halogenated alkanes) is 1. The van der Waals surface area contributed by atoms with E-state index in [1.54, 1.807) is 31.8 Å². The lowest BCUT2D eigenvalue weighted by molar-refractivity contribution is -0.134. The molecule has 1 aliphatic rings. The van der Waals surface area contributed by atoms with Crippen molar-refractivity contribution in [3.8, 4) is 5.75 Å². The average molecular weight is 496 g/mol. The number of fused-ring (bicyclic) bond motifs is 1. The number of carboxylic acid groups (broad SMARTS) is 1. The zero-order valence-corrected chi connectivity index (χ0v) is 20.2. The van der Waals surface area contributed by atoms with E-state index in [-0.39, 0.29) is 16.7 Å². The molecule has 0 radical (unpaired) electrons. The van der Waals surface area contributed by atoms with Crippen LogP contribution in [0.15, 0.2) is 58.5 Å². The van der Waals surface area contributed by atoms with Crippen molar-refractivity contribution in [2.24, 2.45) is 0 Å². The Morgan fingerprint density at radius 3 is 2.67 bits per heavy atom. The van der Waals surface area contributed by atoms with Crippen LogP contribution >= 0.6 is 11.8 Å². The molecule has 0 saturated heterocycles. The molecule has 0 bridgehead atoms. The molecule has 0 saturated carbocycles. The minimum Gasteiger partial charge on any atom is -0.476 e. The minimum absolute atomic E-state index is 0.00209. The number of nitrogens with zero attached hydrogens (tertiary/aromatic N) is 3. The van der Waals surface area contributed by atoms with Crippen LogP contribution in [0.1, 0.15) is 26.2 Å². The fourth-order valence-corrected chi connectivity index (χ4v) is 5.72. The minimum atomic E-state index is -3.92. The Kier molecular flexibility index (Phi) is 7.98. The quantitative estimate of drug-likeness (QED) is 0.327. The fourth-order valence-electron chi connectivity index (χ4n) is 3.62. The first-order chi connectivity index (χ1) is 15.7. The van der Waals surface area contributed by atoms with E-state index in [4.69, 9.17) is 9.84 Å². The number of benzene rings is 1. The number of halogens is 1. The lowest BCUT2D eigenvalue weighted by Gasteiger charge is -2.29. The second kappa shape index (κ2) is 10.5. The van der Waals surface area contributed by atoms with Crippen LogP contribution in [0.25, 0.3) is 0 Å². The number of likely N-dealkylation sites (N-methyl/N-ethyl adjacent to an activating group) is 1. The highest BCUT2D eigenvalue weighted by molar-refractivity contribution is 7.98. The van der Waals surface area contributed by atoms with Gasteiger partial charge < -0.3 is 14.7 Å². The third-order valence-corrected chi connectivity index (χ3v) is 8.16. The Labute approximate surface area is 197 Å². The molecule has 2 heterocycles. The number of aromatic nitrogens is 1. The summed E-state index contributed by atoms with van der Waals surface area (Å²) in [6.45, 7) is 2.49. The van der Waals surface area contributed by atoms with Gasteiger partial charge in [-0.1, -0.05) is 19.8 Å². The van der Waals surface area contributed by atoms with Crippen molar-refractivity contribution < 1.29 is 27.4 Å². The van der Waals surface area contributed by atoms with Gasteiger partial charge in [-0.15, -0.1) is 11.8 Å².